The van der Waals surface area contributed by atoms with E-state index in [1.54, 1.807) is 6.92 Å². The standard InChI is InChI=1S/C6H7ClO2/c1-4-5(3-7)2-6(8)9-4/h2-3H2,1H3. The van der Waals surface area contributed by atoms with Crippen LogP contribution >= 0.6 is 11.6 Å². The first-order chi connectivity index (χ1) is 4.24. The van der Waals surface area contributed by atoms with Gasteiger partial charge in [-0.05, 0) is 12.5 Å². The van der Waals surface area contributed by atoms with Gasteiger partial charge in [-0.15, -0.1) is 11.6 Å². The molecule has 0 bridgehead atoms. The number of alkyl halides is 1. The number of carbonyl (C=O) groups excluding carboxylic acids is 1. The fraction of sp³-hybridized carbons (Fsp3) is 0.500. The number of rotatable bonds is 1. The van der Waals surface area contributed by atoms with Crippen LogP contribution in [0.25, 0.3) is 0 Å². The van der Waals surface area contributed by atoms with Gasteiger partial charge in [0.25, 0.3) is 0 Å². The van der Waals surface area contributed by atoms with Crippen LogP contribution in [-0.4, -0.2) is 11.8 Å². The summed E-state index contributed by atoms with van der Waals surface area (Å²) in [5.74, 6) is 0.885. The molecule has 0 unspecified atom stereocenters. The molecular formula is C6H7ClO2. The van der Waals surface area contributed by atoms with E-state index in [9.17, 15) is 4.79 Å². The first-order valence-corrected chi connectivity index (χ1v) is 3.22. The van der Waals surface area contributed by atoms with Crippen molar-refractivity contribution in [2.45, 2.75) is 13.3 Å². The predicted octanol–water partition coefficient (Wildman–Crippen LogP) is 1.45. The van der Waals surface area contributed by atoms with Crippen LogP contribution in [0.5, 0.6) is 0 Å². The van der Waals surface area contributed by atoms with Crippen LogP contribution in [0.4, 0.5) is 0 Å². The highest BCUT2D eigenvalue weighted by Gasteiger charge is 2.18. The average molecular weight is 147 g/mol. The second kappa shape index (κ2) is 2.40. The molecule has 0 aromatic carbocycles. The van der Waals surface area contributed by atoms with Crippen LogP contribution in [0, 0.1) is 0 Å². The zero-order valence-electron chi connectivity index (χ0n) is 5.11. The quantitative estimate of drug-likeness (QED) is 0.414. The van der Waals surface area contributed by atoms with Gasteiger partial charge in [0.2, 0.25) is 0 Å². The molecule has 1 aliphatic heterocycles. The summed E-state index contributed by atoms with van der Waals surface area (Å²) in [7, 11) is 0. The summed E-state index contributed by atoms with van der Waals surface area (Å²) in [5.41, 5.74) is 0.904. The molecule has 1 heterocycles. The zero-order valence-corrected chi connectivity index (χ0v) is 5.86. The fourth-order valence-corrected chi connectivity index (χ4v) is 1.00. The van der Waals surface area contributed by atoms with Crippen molar-refractivity contribution in [2.24, 2.45) is 0 Å². The topological polar surface area (TPSA) is 26.3 Å². The van der Waals surface area contributed by atoms with Gasteiger partial charge in [-0.2, -0.15) is 0 Å². The summed E-state index contributed by atoms with van der Waals surface area (Å²) >= 11 is 5.48. The molecule has 0 radical (unpaired) electrons. The highest BCUT2D eigenvalue weighted by atomic mass is 35.5. The zero-order chi connectivity index (χ0) is 6.85. The van der Waals surface area contributed by atoms with Gasteiger partial charge < -0.3 is 4.74 Å². The van der Waals surface area contributed by atoms with E-state index in [-0.39, 0.29) is 5.97 Å². The minimum absolute atomic E-state index is 0.192. The monoisotopic (exact) mass is 146 g/mol. The van der Waals surface area contributed by atoms with E-state index in [1.807, 2.05) is 0 Å². The molecule has 0 aliphatic carbocycles. The van der Waals surface area contributed by atoms with Crippen molar-refractivity contribution in [1.82, 2.24) is 0 Å². The van der Waals surface area contributed by atoms with Crippen LogP contribution in [0.1, 0.15) is 13.3 Å². The van der Waals surface area contributed by atoms with Gasteiger partial charge in [0.15, 0.2) is 0 Å². The Morgan fingerprint density at radius 1 is 1.78 bits per heavy atom. The van der Waals surface area contributed by atoms with Gasteiger partial charge in [-0.3, -0.25) is 4.79 Å². The Morgan fingerprint density at radius 2 is 2.44 bits per heavy atom. The van der Waals surface area contributed by atoms with E-state index in [0.29, 0.717) is 18.1 Å². The molecule has 1 aliphatic rings. The summed E-state index contributed by atoms with van der Waals surface area (Å²) < 4.78 is 4.72. The third-order valence-electron chi connectivity index (χ3n) is 1.28. The number of allylic oxidation sites excluding steroid dienone is 1. The number of hydrogen-bond donors (Lipinski definition) is 0. The summed E-state index contributed by atoms with van der Waals surface area (Å²) in [6, 6.07) is 0. The maximum absolute atomic E-state index is 10.5. The molecule has 0 N–H and O–H groups in total. The smallest absolute Gasteiger partial charge is 0.315 e. The van der Waals surface area contributed by atoms with Crippen molar-refractivity contribution in [3.05, 3.63) is 11.3 Å². The summed E-state index contributed by atoms with van der Waals surface area (Å²) in [4.78, 5) is 10.5. The van der Waals surface area contributed by atoms with Gasteiger partial charge in [0, 0.05) is 5.88 Å². The molecule has 1 rings (SSSR count). The van der Waals surface area contributed by atoms with Crippen LogP contribution in [0.3, 0.4) is 0 Å². The normalized spacial score (nSPS) is 18.7. The van der Waals surface area contributed by atoms with Crippen molar-refractivity contribution < 1.29 is 9.53 Å². The van der Waals surface area contributed by atoms with Gasteiger partial charge in [0.1, 0.15) is 5.76 Å². The lowest BCUT2D eigenvalue weighted by Crippen LogP contribution is -1.91. The molecule has 0 fully saturated rings. The molecular weight excluding hydrogens is 140 g/mol. The minimum atomic E-state index is -0.192. The number of hydrogen-bond acceptors (Lipinski definition) is 2. The molecule has 0 aromatic rings. The molecule has 50 valence electrons. The van der Waals surface area contributed by atoms with E-state index < -0.39 is 0 Å². The van der Waals surface area contributed by atoms with Crippen molar-refractivity contribution >= 4 is 17.6 Å². The molecule has 0 saturated heterocycles. The molecule has 0 spiro atoms. The van der Waals surface area contributed by atoms with Gasteiger partial charge in [0.05, 0.1) is 6.42 Å². The second-order valence-electron chi connectivity index (χ2n) is 1.94. The average Bonchev–Trinajstić information content (AvgIpc) is 2.10. The number of carbonyl (C=O) groups is 1. The van der Waals surface area contributed by atoms with E-state index in [2.05, 4.69) is 0 Å². The lowest BCUT2D eigenvalue weighted by atomic mass is 10.2. The van der Waals surface area contributed by atoms with Crippen molar-refractivity contribution in [3.8, 4) is 0 Å². The number of halogens is 1. The van der Waals surface area contributed by atoms with E-state index in [0.717, 1.165) is 5.57 Å². The Labute approximate surface area is 58.4 Å². The molecule has 0 saturated carbocycles. The van der Waals surface area contributed by atoms with Crippen LogP contribution in [-0.2, 0) is 9.53 Å². The van der Waals surface area contributed by atoms with Gasteiger partial charge in [-0.1, -0.05) is 0 Å². The predicted molar refractivity (Wildman–Crippen MR) is 34.1 cm³/mol. The maximum Gasteiger partial charge on any atom is 0.315 e. The van der Waals surface area contributed by atoms with Gasteiger partial charge >= 0.3 is 5.97 Å². The lowest BCUT2D eigenvalue weighted by Gasteiger charge is -1.90. The summed E-state index contributed by atoms with van der Waals surface area (Å²) in [6.07, 6.45) is 0.370. The van der Waals surface area contributed by atoms with Crippen LogP contribution < -0.4 is 0 Å². The van der Waals surface area contributed by atoms with Crippen molar-refractivity contribution in [3.63, 3.8) is 0 Å². The summed E-state index contributed by atoms with van der Waals surface area (Å²) in [5, 5.41) is 0. The van der Waals surface area contributed by atoms with Crippen LogP contribution in [0.15, 0.2) is 11.3 Å². The van der Waals surface area contributed by atoms with Crippen LogP contribution in [0.2, 0.25) is 0 Å². The third-order valence-corrected chi connectivity index (χ3v) is 1.61. The highest BCUT2D eigenvalue weighted by molar-refractivity contribution is 6.19. The Hall–Kier alpha value is -0.500. The first-order valence-electron chi connectivity index (χ1n) is 2.69. The second-order valence-corrected chi connectivity index (χ2v) is 2.21. The van der Waals surface area contributed by atoms with E-state index in [1.165, 1.54) is 0 Å². The molecule has 0 aromatic heterocycles. The Balaban J connectivity index is 2.69. The first kappa shape index (κ1) is 6.62. The number of ether oxygens (including phenoxy) is 1. The van der Waals surface area contributed by atoms with E-state index >= 15 is 0 Å². The molecule has 3 heteroatoms. The lowest BCUT2D eigenvalue weighted by molar-refractivity contribution is -0.136. The van der Waals surface area contributed by atoms with Gasteiger partial charge in [-0.25, -0.2) is 0 Å². The van der Waals surface area contributed by atoms with Crippen molar-refractivity contribution in [1.29, 1.82) is 0 Å². The largest absolute Gasteiger partial charge is 0.431 e. The molecule has 2 nitrogen and oxygen atoms in total. The molecule has 0 atom stereocenters. The highest BCUT2D eigenvalue weighted by Crippen LogP contribution is 2.20. The third kappa shape index (κ3) is 1.24. The Bertz CT molecular complexity index is 172. The summed E-state index contributed by atoms with van der Waals surface area (Å²) in [6.45, 7) is 1.75. The molecule has 0 amide bonds. The SMILES string of the molecule is CC1=C(CCl)CC(=O)O1. The minimum Gasteiger partial charge on any atom is -0.431 e. The number of cyclic esters (lactones) is 1. The maximum atomic E-state index is 10.5. The van der Waals surface area contributed by atoms with E-state index in [4.69, 9.17) is 16.3 Å². The number of esters is 1. The fourth-order valence-electron chi connectivity index (χ4n) is 0.719. The Morgan fingerprint density at radius 3 is 2.67 bits per heavy atom. The van der Waals surface area contributed by atoms with Crippen molar-refractivity contribution in [2.75, 3.05) is 5.88 Å². The molecule has 9 heavy (non-hydrogen) atoms. The Kier molecular flexibility index (Phi) is 1.76.